The average molecular weight is 240 g/mol. The van der Waals surface area contributed by atoms with Gasteiger partial charge >= 0.3 is 0 Å². The molecule has 0 amide bonds. The van der Waals surface area contributed by atoms with E-state index in [0.29, 0.717) is 6.04 Å². The van der Waals surface area contributed by atoms with E-state index in [1.165, 1.54) is 18.4 Å². The van der Waals surface area contributed by atoms with Gasteiger partial charge in [-0.3, -0.25) is 0 Å². The van der Waals surface area contributed by atoms with Crippen LogP contribution in [0, 0.1) is 5.92 Å². The summed E-state index contributed by atoms with van der Waals surface area (Å²) in [7, 11) is 0. The minimum atomic E-state index is 0.401. The Morgan fingerprint density at radius 2 is 1.69 bits per heavy atom. The monoisotopic (exact) mass is 239 g/mol. The molecule has 0 aliphatic rings. The largest absolute Gasteiger partial charge is 0.310 e. The van der Waals surface area contributed by atoms with Crippen molar-refractivity contribution in [2.45, 2.75) is 39.7 Å². The zero-order chi connectivity index (χ0) is 12.0. The Bertz CT molecular complexity index is 290. The van der Waals surface area contributed by atoms with Crippen LogP contribution in [0.3, 0.4) is 0 Å². The topological polar surface area (TPSA) is 12.0 Å². The smallest absolute Gasteiger partial charge is 0.0406 e. The minimum absolute atomic E-state index is 0.401. The molecule has 1 aromatic carbocycles. The number of halogens is 1. The number of rotatable bonds is 6. The number of hydrogen-bond acceptors (Lipinski definition) is 1. The molecule has 0 aromatic heterocycles. The highest BCUT2D eigenvalue weighted by molar-refractivity contribution is 6.30. The Balaban J connectivity index is 2.46. The first-order valence-corrected chi connectivity index (χ1v) is 6.54. The molecule has 0 saturated carbocycles. The van der Waals surface area contributed by atoms with Crippen LogP contribution in [-0.2, 0) is 0 Å². The molecule has 1 atom stereocenters. The second-order valence-corrected chi connectivity index (χ2v) is 4.80. The Hall–Kier alpha value is -0.530. The van der Waals surface area contributed by atoms with Crippen LogP contribution in [0.1, 0.15) is 45.2 Å². The van der Waals surface area contributed by atoms with Crippen LogP contribution >= 0.6 is 11.6 Å². The summed E-state index contributed by atoms with van der Waals surface area (Å²) >= 11 is 5.87. The van der Waals surface area contributed by atoms with Crippen LogP contribution < -0.4 is 5.32 Å². The van der Waals surface area contributed by atoms with Crippen molar-refractivity contribution in [1.29, 1.82) is 0 Å². The second-order valence-electron chi connectivity index (χ2n) is 4.36. The summed E-state index contributed by atoms with van der Waals surface area (Å²) in [5.41, 5.74) is 1.30. The van der Waals surface area contributed by atoms with Gasteiger partial charge in [-0.1, -0.05) is 50.4 Å². The van der Waals surface area contributed by atoms with Crippen molar-refractivity contribution in [3.05, 3.63) is 34.9 Å². The third-order valence-electron chi connectivity index (χ3n) is 3.24. The molecule has 0 saturated heterocycles. The van der Waals surface area contributed by atoms with E-state index in [1.807, 2.05) is 12.1 Å². The number of benzene rings is 1. The van der Waals surface area contributed by atoms with E-state index in [-0.39, 0.29) is 0 Å². The summed E-state index contributed by atoms with van der Waals surface area (Å²) in [5, 5.41) is 4.38. The van der Waals surface area contributed by atoms with Gasteiger partial charge < -0.3 is 5.32 Å². The molecule has 90 valence electrons. The molecule has 0 aliphatic carbocycles. The summed E-state index contributed by atoms with van der Waals surface area (Å²) in [4.78, 5) is 0. The lowest BCUT2D eigenvalue weighted by atomic mass is 10.0. The van der Waals surface area contributed by atoms with E-state index in [4.69, 9.17) is 11.6 Å². The zero-order valence-electron chi connectivity index (χ0n) is 10.5. The fourth-order valence-corrected chi connectivity index (χ4v) is 1.92. The van der Waals surface area contributed by atoms with Crippen molar-refractivity contribution in [2.24, 2.45) is 5.92 Å². The summed E-state index contributed by atoms with van der Waals surface area (Å²) in [6.07, 6.45) is 2.49. The van der Waals surface area contributed by atoms with E-state index >= 15 is 0 Å². The molecule has 2 heteroatoms. The lowest BCUT2D eigenvalue weighted by molar-refractivity contribution is 0.422. The molecule has 16 heavy (non-hydrogen) atoms. The Morgan fingerprint density at radius 3 is 2.19 bits per heavy atom. The highest BCUT2D eigenvalue weighted by Gasteiger charge is 2.07. The molecular formula is C14H22ClN. The van der Waals surface area contributed by atoms with Crippen LogP contribution in [0.4, 0.5) is 0 Å². The van der Waals surface area contributed by atoms with E-state index in [9.17, 15) is 0 Å². The Morgan fingerprint density at radius 1 is 1.12 bits per heavy atom. The van der Waals surface area contributed by atoms with Crippen LogP contribution in [-0.4, -0.2) is 6.54 Å². The third kappa shape index (κ3) is 4.15. The molecule has 0 aliphatic heterocycles. The van der Waals surface area contributed by atoms with Crippen LogP contribution in [0.2, 0.25) is 5.02 Å². The quantitative estimate of drug-likeness (QED) is 0.775. The predicted octanol–water partition coefficient (Wildman–Crippen LogP) is 4.43. The molecule has 0 radical (unpaired) electrons. The van der Waals surface area contributed by atoms with Crippen LogP contribution in [0.5, 0.6) is 0 Å². The number of nitrogens with one attached hydrogen (secondary N) is 1. The van der Waals surface area contributed by atoms with Gasteiger partial charge in [-0.2, -0.15) is 0 Å². The summed E-state index contributed by atoms with van der Waals surface area (Å²) in [6.45, 7) is 7.80. The van der Waals surface area contributed by atoms with E-state index in [2.05, 4.69) is 38.2 Å². The fraction of sp³-hybridized carbons (Fsp3) is 0.571. The maximum absolute atomic E-state index is 5.87. The standard InChI is InChI=1S/C14H22ClN/c1-4-12(5-2)10-16-11(3)13-6-8-14(15)9-7-13/h6-9,11-12,16H,4-5,10H2,1-3H3/t11-/m0/s1. The molecule has 0 bridgehead atoms. The molecule has 0 fully saturated rings. The summed E-state index contributed by atoms with van der Waals surface area (Å²) in [5.74, 6) is 0.787. The second kappa shape index (κ2) is 6.93. The van der Waals surface area contributed by atoms with Gasteiger partial charge in [0.2, 0.25) is 0 Å². The fourth-order valence-electron chi connectivity index (χ4n) is 1.79. The molecule has 0 spiro atoms. The molecule has 1 rings (SSSR count). The van der Waals surface area contributed by atoms with Crippen LogP contribution in [0.15, 0.2) is 24.3 Å². The van der Waals surface area contributed by atoms with Gasteiger partial charge in [0.1, 0.15) is 0 Å². The van der Waals surface area contributed by atoms with Crippen molar-refractivity contribution < 1.29 is 0 Å². The maximum Gasteiger partial charge on any atom is 0.0406 e. The highest BCUT2D eigenvalue weighted by atomic mass is 35.5. The van der Waals surface area contributed by atoms with Gasteiger partial charge in [-0.15, -0.1) is 0 Å². The van der Waals surface area contributed by atoms with Gasteiger partial charge in [0.15, 0.2) is 0 Å². The lowest BCUT2D eigenvalue weighted by Gasteiger charge is -2.18. The number of hydrogen-bond donors (Lipinski definition) is 1. The molecular weight excluding hydrogens is 218 g/mol. The van der Waals surface area contributed by atoms with Gasteiger partial charge in [-0.25, -0.2) is 0 Å². The minimum Gasteiger partial charge on any atom is -0.310 e. The molecule has 1 aromatic rings. The Labute approximate surface area is 104 Å². The molecule has 1 N–H and O–H groups in total. The van der Waals surface area contributed by atoms with Crippen LogP contribution in [0.25, 0.3) is 0 Å². The van der Waals surface area contributed by atoms with Crippen molar-refractivity contribution in [3.63, 3.8) is 0 Å². The maximum atomic E-state index is 5.87. The van der Waals surface area contributed by atoms with E-state index < -0.39 is 0 Å². The van der Waals surface area contributed by atoms with Gasteiger partial charge in [0.25, 0.3) is 0 Å². The van der Waals surface area contributed by atoms with E-state index in [1.54, 1.807) is 0 Å². The van der Waals surface area contributed by atoms with Gasteiger partial charge in [0, 0.05) is 11.1 Å². The predicted molar refractivity (Wildman–Crippen MR) is 71.9 cm³/mol. The first-order chi connectivity index (χ1) is 7.67. The summed E-state index contributed by atoms with van der Waals surface area (Å²) in [6, 6.07) is 8.48. The van der Waals surface area contributed by atoms with Gasteiger partial charge in [-0.05, 0) is 37.1 Å². The molecule has 1 nitrogen and oxygen atoms in total. The molecule has 0 heterocycles. The third-order valence-corrected chi connectivity index (χ3v) is 3.49. The first kappa shape index (κ1) is 13.5. The Kier molecular flexibility index (Phi) is 5.86. The van der Waals surface area contributed by atoms with Crippen molar-refractivity contribution >= 4 is 11.6 Å². The zero-order valence-corrected chi connectivity index (χ0v) is 11.2. The van der Waals surface area contributed by atoms with Crippen molar-refractivity contribution in [3.8, 4) is 0 Å². The van der Waals surface area contributed by atoms with E-state index in [0.717, 1.165) is 17.5 Å². The average Bonchev–Trinajstić information content (AvgIpc) is 2.31. The lowest BCUT2D eigenvalue weighted by Crippen LogP contribution is -2.25. The normalized spacial score (nSPS) is 13.1. The summed E-state index contributed by atoms with van der Waals surface area (Å²) < 4.78 is 0. The SMILES string of the molecule is CCC(CC)CN[C@@H](C)c1ccc(Cl)cc1. The molecule has 0 unspecified atom stereocenters. The first-order valence-electron chi connectivity index (χ1n) is 6.16. The highest BCUT2D eigenvalue weighted by Crippen LogP contribution is 2.16. The van der Waals surface area contributed by atoms with Crippen molar-refractivity contribution in [2.75, 3.05) is 6.54 Å². The van der Waals surface area contributed by atoms with Gasteiger partial charge in [0.05, 0.1) is 0 Å². The van der Waals surface area contributed by atoms with Crippen molar-refractivity contribution in [1.82, 2.24) is 5.32 Å².